The quantitative estimate of drug-likeness (QED) is 0.895. The summed E-state index contributed by atoms with van der Waals surface area (Å²) in [6, 6.07) is 7.00. The third kappa shape index (κ3) is 2.35. The van der Waals surface area contributed by atoms with Crippen molar-refractivity contribution < 1.29 is 4.74 Å². The number of nitrogens with one attached hydrogen (secondary N) is 1. The maximum absolute atomic E-state index is 5.10. The lowest BCUT2D eigenvalue weighted by Crippen LogP contribution is -2.45. The van der Waals surface area contributed by atoms with Crippen molar-refractivity contribution in [3.63, 3.8) is 0 Å². The fourth-order valence-corrected chi connectivity index (χ4v) is 1.68. The normalized spacial score (nSPS) is 16.7. The smallest absolute Gasteiger partial charge is 0.0643 e. The van der Waals surface area contributed by atoms with Crippen molar-refractivity contribution in [2.75, 3.05) is 13.2 Å². The van der Waals surface area contributed by atoms with Crippen molar-refractivity contribution in [3.05, 3.63) is 33.8 Å². The molecule has 0 spiro atoms. The molecule has 2 rings (SSSR count). The fraction of sp³-hybridized carbons (Fsp3) is 0.455. The number of aryl methyl sites for hydroxylation is 1. The molecule has 0 unspecified atom stereocenters. The second kappa shape index (κ2) is 4.43. The predicted molar refractivity (Wildman–Crippen MR) is 60.3 cm³/mol. The summed E-state index contributed by atoms with van der Waals surface area (Å²) in [5, 5.41) is 3.44. The minimum atomic E-state index is 0.555. The number of benzene rings is 1. The van der Waals surface area contributed by atoms with Gasteiger partial charge in [-0.25, -0.2) is 0 Å². The molecule has 0 bridgehead atoms. The van der Waals surface area contributed by atoms with Crippen LogP contribution < -0.4 is 5.32 Å². The van der Waals surface area contributed by atoms with Crippen LogP contribution in [0.3, 0.4) is 0 Å². The third-order valence-electron chi connectivity index (χ3n) is 2.46. The van der Waals surface area contributed by atoms with E-state index in [0.717, 1.165) is 19.8 Å². The Balaban J connectivity index is 1.91. The first-order valence-corrected chi connectivity index (χ1v) is 5.61. The molecular formula is C11H14BrNO. The van der Waals surface area contributed by atoms with E-state index in [1.807, 2.05) is 0 Å². The Morgan fingerprint density at radius 3 is 2.86 bits per heavy atom. The topological polar surface area (TPSA) is 21.3 Å². The van der Waals surface area contributed by atoms with Gasteiger partial charge in [0.1, 0.15) is 0 Å². The molecule has 1 heterocycles. The van der Waals surface area contributed by atoms with E-state index in [-0.39, 0.29) is 0 Å². The third-order valence-corrected chi connectivity index (χ3v) is 3.35. The Morgan fingerprint density at radius 2 is 2.29 bits per heavy atom. The van der Waals surface area contributed by atoms with Crippen molar-refractivity contribution in [3.8, 4) is 0 Å². The summed E-state index contributed by atoms with van der Waals surface area (Å²) >= 11 is 3.49. The Morgan fingerprint density at radius 1 is 1.50 bits per heavy atom. The number of ether oxygens (including phenoxy) is 1. The molecule has 0 aromatic heterocycles. The van der Waals surface area contributed by atoms with Crippen LogP contribution in [0.4, 0.5) is 0 Å². The van der Waals surface area contributed by atoms with Gasteiger partial charge in [-0.2, -0.15) is 0 Å². The number of rotatable bonds is 3. The SMILES string of the molecule is Cc1cc(CNC2COC2)ccc1Br. The molecule has 2 nitrogen and oxygen atoms in total. The average Bonchev–Trinajstić information content (AvgIpc) is 2.08. The molecule has 14 heavy (non-hydrogen) atoms. The number of halogens is 1. The minimum Gasteiger partial charge on any atom is -0.378 e. The van der Waals surface area contributed by atoms with Gasteiger partial charge in [0.15, 0.2) is 0 Å². The van der Waals surface area contributed by atoms with Gasteiger partial charge in [-0.3, -0.25) is 0 Å². The second-order valence-corrected chi connectivity index (χ2v) is 4.55. The van der Waals surface area contributed by atoms with Crippen LogP contribution in [0.2, 0.25) is 0 Å². The highest BCUT2D eigenvalue weighted by molar-refractivity contribution is 9.10. The van der Waals surface area contributed by atoms with Gasteiger partial charge in [-0.1, -0.05) is 28.1 Å². The van der Waals surface area contributed by atoms with Gasteiger partial charge in [0.2, 0.25) is 0 Å². The molecule has 0 radical (unpaired) electrons. The van der Waals surface area contributed by atoms with Gasteiger partial charge < -0.3 is 10.1 Å². The van der Waals surface area contributed by atoms with E-state index in [1.54, 1.807) is 0 Å². The van der Waals surface area contributed by atoms with E-state index in [9.17, 15) is 0 Å². The van der Waals surface area contributed by atoms with E-state index in [0.29, 0.717) is 6.04 Å². The molecule has 1 aromatic carbocycles. The molecule has 0 amide bonds. The minimum absolute atomic E-state index is 0.555. The summed E-state index contributed by atoms with van der Waals surface area (Å²) in [4.78, 5) is 0. The molecule has 1 aliphatic rings. The van der Waals surface area contributed by atoms with Crippen LogP contribution in [0.1, 0.15) is 11.1 Å². The zero-order chi connectivity index (χ0) is 9.97. The van der Waals surface area contributed by atoms with Gasteiger partial charge in [-0.15, -0.1) is 0 Å². The van der Waals surface area contributed by atoms with E-state index in [4.69, 9.17) is 4.74 Å². The molecule has 3 heteroatoms. The summed E-state index contributed by atoms with van der Waals surface area (Å²) in [6.07, 6.45) is 0. The van der Waals surface area contributed by atoms with Crippen molar-refractivity contribution >= 4 is 15.9 Å². The lowest BCUT2D eigenvalue weighted by molar-refractivity contribution is -0.00578. The second-order valence-electron chi connectivity index (χ2n) is 3.70. The highest BCUT2D eigenvalue weighted by Crippen LogP contribution is 2.17. The molecule has 0 atom stereocenters. The summed E-state index contributed by atoms with van der Waals surface area (Å²) in [6.45, 7) is 4.76. The maximum Gasteiger partial charge on any atom is 0.0643 e. The fourth-order valence-electron chi connectivity index (χ4n) is 1.43. The largest absolute Gasteiger partial charge is 0.378 e. The van der Waals surface area contributed by atoms with Gasteiger partial charge in [0.05, 0.1) is 19.3 Å². The Bertz CT molecular complexity index is 323. The molecule has 76 valence electrons. The molecule has 0 aliphatic carbocycles. The molecule has 1 saturated heterocycles. The zero-order valence-electron chi connectivity index (χ0n) is 8.22. The average molecular weight is 256 g/mol. The summed E-state index contributed by atoms with van der Waals surface area (Å²) in [5.41, 5.74) is 2.62. The molecule has 1 aromatic rings. The van der Waals surface area contributed by atoms with Crippen molar-refractivity contribution in [1.82, 2.24) is 5.32 Å². The van der Waals surface area contributed by atoms with Crippen molar-refractivity contribution in [2.45, 2.75) is 19.5 Å². The summed E-state index contributed by atoms with van der Waals surface area (Å²) < 4.78 is 6.27. The van der Waals surface area contributed by atoms with Gasteiger partial charge >= 0.3 is 0 Å². The van der Waals surface area contributed by atoms with Crippen LogP contribution in [-0.2, 0) is 11.3 Å². The molecule has 1 fully saturated rings. The Hall–Kier alpha value is -0.380. The highest BCUT2D eigenvalue weighted by atomic mass is 79.9. The highest BCUT2D eigenvalue weighted by Gasteiger charge is 2.16. The first-order chi connectivity index (χ1) is 6.75. The van der Waals surface area contributed by atoms with Crippen molar-refractivity contribution in [1.29, 1.82) is 0 Å². The first kappa shape index (κ1) is 10.1. The summed E-state index contributed by atoms with van der Waals surface area (Å²) in [5.74, 6) is 0. The standard InChI is InChI=1S/C11H14BrNO/c1-8-4-9(2-3-11(8)12)5-13-10-6-14-7-10/h2-4,10,13H,5-7H2,1H3. The Labute approximate surface area is 92.8 Å². The van der Waals surface area contributed by atoms with Gasteiger partial charge in [0, 0.05) is 11.0 Å². The zero-order valence-corrected chi connectivity index (χ0v) is 9.80. The van der Waals surface area contributed by atoms with E-state index >= 15 is 0 Å². The monoisotopic (exact) mass is 255 g/mol. The van der Waals surface area contributed by atoms with Crippen LogP contribution in [0.5, 0.6) is 0 Å². The van der Waals surface area contributed by atoms with Gasteiger partial charge in [-0.05, 0) is 24.1 Å². The van der Waals surface area contributed by atoms with E-state index < -0.39 is 0 Å². The van der Waals surface area contributed by atoms with Crippen molar-refractivity contribution in [2.24, 2.45) is 0 Å². The van der Waals surface area contributed by atoms with Crippen LogP contribution in [0.25, 0.3) is 0 Å². The van der Waals surface area contributed by atoms with Crippen LogP contribution >= 0.6 is 15.9 Å². The summed E-state index contributed by atoms with van der Waals surface area (Å²) in [7, 11) is 0. The molecule has 1 aliphatic heterocycles. The van der Waals surface area contributed by atoms with Crippen LogP contribution in [0.15, 0.2) is 22.7 Å². The number of hydrogen-bond acceptors (Lipinski definition) is 2. The first-order valence-electron chi connectivity index (χ1n) is 4.82. The lowest BCUT2D eigenvalue weighted by atomic mass is 10.1. The maximum atomic E-state index is 5.10. The lowest BCUT2D eigenvalue weighted by Gasteiger charge is -2.27. The van der Waals surface area contributed by atoms with Gasteiger partial charge in [0.25, 0.3) is 0 Å². The molecule has 0 saturated carbocycles. The Kier molecular flexibility index (Phi) is 3.21. The van der Waals surface area contributed by atoms with Crippen LogP contribution in [0, 0.1) is 6.92 Å². The number of hydrogen-bond donors (Lipinski definition) is 1. The van der Waals surface area contributed by atoms with E-state index in [2.05, 4.69) is 46.4 Å². The van der Waals surface area contributed by atoms with E-state index in [1.165, 1.54) is 15.6 Å². The molecule has 1 N–H and O–H groups in total. The molecular weight excluding hydrogens is 242 g/mol. The predicted octanol–water partition coefficient (Wildman–Crippen LogP) is 2.25. The van der Waals surface area contributed by atoms with Crippen LogP contribution in [-0.4, -0.2) is 19.3 Å².